The van der Waals surface area contributed by atoms with Crippen molar-refractivity contribution < 1.29 is 23.7 Å². The summed E-state index contributed by atoms with van der Waals surface area (Å²) in [6.45, 7) is 3.40. The SMILES string of the molecule is COCCCOc1cc(CC2CC(C3CCC(=O)O3)N(N)C2C)ccc1OC. The van der Waals surface area contributed by atoms with Crippen LogP contribution < -0.4 is 15.3 Å². The van der Waals surface area contributed by atoms with Gasteiger partial charge >= 0.3 is 5.97 Å². The first-order valence-corrected chi connectivity index (χ1v) is 10.0. The molecule has 0 spiro atoms. The van der Waals surface area contributed by atoms with Crippen LogP contribution in [0.25, 0.3) is 0 Å². The van der Waals surface area contributed by atoms with Crippen LogP contribution in [0.3, 0.4) is 0 Å². The number of nitrogens with two attached hydrogens (primary N) is 1. The molecule has 0 bridgehead atoms. The predicted octanol–water partition coefficient (Wildman–Crippen LogP) is 2.31. The molecule has 0 amide bonds. The number of benzene rings is 1. The molecule has 0 radical (unpaired) electrons. The van der Waals surface area contributed by atoms with Crippen molar-refractivity contribution >= 4 is 5.97 Å². The van der Waals surface area contributed by atoms with Crippen molar-refractivity contribution in [3.8, 4) is 11.5 Å². The smallest absolute Gasteiger partial charge is 0.306 e. The molecule has 2 N–H and O–H groups in total. The maximum absolute atomic E-state index is 11.5. The van der Waals surface area contributed by atoms with Crippen LogP contribution in [0.15, 0.2) is 18.2 Å². The van der Waals surface area contributed by atoms with E-state index >= 15 is 0 Å². The third kappa shape index (κ3) is 4.77. The van der Waals surface area contributed by atoms with Gasteiger partial charge in [-0.2, -0.15) is 0 Å². The normalized spacial score (nSPS) is 27.8. The molecule has 4 atom stereocenters. The molecular weight excluding hydrogens is 360 g/mol. The Kier molecular flexibility index (Phi) is 7.15. The number of carbonyl (C=O) groups excluding carboxylic acids is 1. The van der Waals surface area contributed by atoms with Crippen LogP contribution in [-0.4, -0.2) is 56.6 Å². The standard InChI is InChI=1S/C21H32N2O5/c1-14-16(13-17(23(14)22)18-7-8-21(24)28-18)11-15-5-6-19(26-3)20(12-15)27-10-4-9-25-2/h5-6,12,14,16-18H,4,7-11,13,22H2,1-3H3. The van der Waals surface area contributed by atoms with Crippen LogP contribution in [0.1, 0.15) is 38.2 Å². The fraction of sp³-hybridized carbons (Fsp3) is 0.667. The Morgan fingerprint density at radius 1 is 1.25 bits per heavy atom. The quantitative estimate of drug-likeness (QED) is 0.392. The third-order valence-corrected chi connectivity index (χ3v) is 5.90. The predicted molar refractivity (Wildman–Crippen MR) is 105 cm³/mol. The second-order valence-electron chi connectivity index (χ2n) is 7.70. The highest BCUT2D eigenvalue weighted by molar-refractivity contribution is 5.71. The van der Waals surface area contributed by atoms with Gasteiger partial charge in [-0.1, -0.05) is 6.07 Å². The van der Waals surface area contributed by atoms with E-state index in [-0.39, 0.29) is 24.2 Å². The molecule has 156 valence electrons. The Morgan fingerprint density at radius 2 is 2.07 bits per heavy atom. The van der Waals surface area contributed by atoms with E-state index in [2.05, 4.69) is 19.1 Å². The van der Waals surface area contributed by atoms with Gasteiger partial charge in [0.05, 0.1) is 19.8 Å². The number of esters is 1. The Labute approximate surface area is 167 Å². The van der Waals surface area contributed by atoms with Crippen molar-refractivity contribution in [2.45, 2.75) is 57.2 Å². The molecule has 2 heterocycles. The summed E-state index contributed by atoms with van der Waals surface area (Å²) in [5.74, 6) is 8.12. The van der Waals surface area contributed by atoms with Gasteiger partial charge in [-0.3, -0.25) is 10.6 Å². The summed E-state index contributed by atoms with van der Waals surface area (Å²) >= 11 is 0. The molecule has 0 aromatic heterocycles. The lowest BCUT2D eigenvalue weighted by atomic mass is 9.91. The molecular formula is C21H32N2O5. The molecule has 2 fully saturated rings. The molecule has 0 aliphatic carbocycles. The summed E-state index contributed by atoms with van der Waals surface area (Å²) in [5, 5.41) is 1.89. The average molecular weight is 392 g/mol. The average Bonchev–Trinajstić information content (AvgIpc) is 3.24. The highest BCUT2D eigenvalue weighted by Gasteiger charge is 2.44. The minimum Gasteiger partial charge on any atom is -0.493 e. The Hall–Kier alpha value is -1.83. The zero-order valence-electron chi connectivity index (χ0n) is 17.1. The summed E-state index contributed by atoms with van der Waals surface area (Å²) in [7, 11) is 3.33. The second-order valence-corrected chi connectivity index (χ2v) is 7.70. The van der Waals surface area contributed by atoms with Crippen LogP contribution in [-0.2, 0) is 20.7 Å². The molecule has 2 aliphatic rings. The van der Waals surface area contributed by atoms with Gasteiger partial charge < -0.3 is 18.9 Å². The first kappa shape index (κ1) is 20.9. The summed E-state index contributed by atoms with van der Waals surface area (Å²) in [4.78, 5) is 11.5. The molecule has 7 heteroatoms. The van der Waals surface area contributed by atoms with Gasteiger partial charge in [-0.15, -0.1) is 0 Å². The number of hydrogen-bond acceptors (Lipinski definition) is 7. The summed E-state index contributed by atoms with van der Waals surface area (Å²) in [5.41, 5.74) is 1.19. The molecule has 7 nitrogen and oxygen atoms in total. The molecule has 2 saturated heterocycles. The lowest BCUT2D eigenvalue weighted by Crippen LogP contribution is -2.47. The first-order chi connectivity index (χ1) is 13.5. The van der Waals surface area contributed by atoms with Crippen LogP contribution in [0.5, 0.6) is 11.5 Å². The number of hydrazine groups is 1. The molecule has 2 aliphatic heterocycles. The number of methoxy groups -OCH3 is 2. The zero-order chi connectivity index (χ0) is 20.1. The van der Waals surface area contributed by atoms with Crippen molar-refractivity contribution in [2.75, 3.05) is 27.4 Å². The maximum atomic E-state index is 11.5. The van der Waals surface area contributed by atoms with Gasteiger partial charge in [0.25, 0.3) is 0 Å². The van der Waals surface area contributed by atoms with Crippen LogP contribution in [0.4, 0.5) is 0 Å². The summed E-state index contributed by atoms with van der Waals surface area (Å²) in [6.07, 6.45) is 3.82. The van der Waals surface area contributed by atoms with Crippen LogP contribution >= 0.6 is 0 Å². The van der Waals surface area contributed by atoms with E-state index in [0.29, 0.717) is 25.6 Å². The summed E-state index contributed by atoms with van der Waals surface area (Å²) in [6, 6.07) is 6.41. The minimum atomic E-state index is -0.111. The molecule has 3 rings (SSSR count). The van der Waals surface area contributed by atoms with E-state index in [9.17, 15) is 4.79 Å². The zero-order valence-corrected chi connectivity index (χ0v) is 17.1. The number of hydrogen-bond donors (Lipinski definition) is 1. The minimum absolute atomic E-state index is 0.0829. The number of carbonyl (C=O) groups is 1. The fourth-order valence-corrected chi connectivity index (χ4v) is 4.24. The maximum Gasteiger partial charge on any atom is 0.306 e. The van der Waals surface area contributed by atoms with Gasteiger partial charge in [0.2, 0.25) is 0 Å². The second kappa shape index (κ2) is 9.58. The highest BCUT2D eigenvalue weighted by atomic mass is 16.6. The summed E-state index contributed by atoms with van der Waals surface area (Å²) < 4.78 is 21.9. The van der Waals surface area contributed by atoms with E-state index in [1.807, 2.05) is 11.1 Å². The number of rotatable bonds is 9. The van der Waals surface area contributed by atoms with Crippen molar-refractivity contribution in [1.29, 1.82) is 0 Å². The third-order valence-electron chi connectivity index (χ3n) is 5.90. The fourth-order valence-electron chi connectivity index (χ4n) is 4.24. The molecule has 4 unspecified atom stereocenters. The lowest BCUT2D eigenvalue weighted by molar-refractivity contribution is -0.143. The Balaban J connectivity index is 1.64. The van der Waals surface area contributed by atoms with Crippen molar-refractivity contribution in [3.63, 3.8) is 0 Å². The highest BCUT2D eigenvalue weighted by Crippen LogP contribution is 2.36. The van der Waals surface area contributed by atoms with Gasteiger partial charge in [0.15, 0.2) is 11.5 Å². The van der Waals surface area contributed by atoms with E-state index in [4.69, 9.17) is 24.8 Å². The Bertz CT molecular complexity index is 668. The molecule has 1 aromatic rings. The lowest BCUT2D eigenvalue weighted by Gasteiger charge is -2.27. The first-order valence-electron chi connectivity index (χ1n) is 10.0. The van der Waals surface area contributed by atoms with Crippen molar-refractivity contribution in [2.24, 2.45) is 11.8 Å². The molecule has 0 saturated carbocycles. The van der Waals surface area contributed by atoms with E-state index in [0.717, 1.165) is 37.2 Å². The van der Waals surface area contributed by atoms with Crippen molar-refractivity contribution in [1.82, 2.24) is 5.01 Å². The number of cyclic esters (lactones) is 1. The van der Waals surface area contributed by atoms with E-state index in [1.165, 1.54) is 5.56 Å². The van der Waals surface area contributed by atoms with Gasteiger partial charge in [-0.05, 0) is 49.8 Å². The van der Waals surface area contributed by atoms with Crippen LogP contribution in [0, 0.1) is 5.92 Å². The van der Waals surface area contributed by atoms with E-state index in [1.54, 1.807) is 14.2 Å². The number of ether oxygens (including phenoxy) is 4. The molecule has 28 heavy (non-hydrogen) atoms. The van der Waals surface area contributed by atoms with Gasteiger partial charge in [0, 0.05) is 32.6 Å². The van der Waals surface area contributed by atoms with E-state index < -0.39 is 0 Å². The monoisotopic (exact) mass is 392 g/mol. The topological polar surface area (TPSA) is 83.3 Å². The molecule has 1 aromatic carbocycles. The van der Waals surface area contributed by atoms with Gasteiger partial charge in [0.1, 0.15) is 6.10 Å². The Morgan fingerprint density at radius 3 is 2.75 bits per heavy atom. The van der Waals surface area contributed by atoms with Gasteiger partial charge in [-0.25, -0.2) is 5.01 Å². The number of nitrogens with zero attached hydrogens (tertiary/aromatic N) is 1. The largest absolute Gasteiger partial charge is 0.493 e. The van der Waals surface area contributed by atoms with Crippen molar-refractivity contribution in [3.05, 3.63) is 23.8 Å². The van der Waals surface area contributed by atoms with Crippen LogP contribution in [0.2, 0.25) is 0 Å².